The van der Waals surface area contributed by atoms with Gasteiger partial charge >= 0.3 is 5.76 Å². The molecule has 0 aliphatic heterocycles. The summed E-state index contributed by atoms with van der Waals surface area (Å²) in [5, 5.41) is 6.19. The van der Waals surface area contributed by atoms with Gasteiger partial charge < -0.3 is 15.1 Å². The van der Waals surface area contributed by atoms with E-state index in [1.54, 1.807) is 18.3 Å². The van der Waals surface area contributed by atoms with Crippen LogP contribution in [0.1, 0.15) is 19.4 Å². The van der Waals surface area contributed by atoms with Crippen LogP contribution in [0.2, 0.25) is 0 Å². The van der Waals surface area contributed by atoms with E-state index < -0.39 is 5.76 Å². The van der Waals surface area contributed by atoms with Gasteiger partial charge in [-0.2, -0.15) is 0 Å². The van der Waals surface area contributed by atoms with Gasteiger partial charge in [-0.15, -0.1) is 0 Å². The normalized spacial score (nSPS) is 11.1. The Balaban J connectivity index is 1.70. The Morgan fingerprint density at radius 3 is 2.88 bits per heavy atom. The number of nitrogens with one attached hydrogen (secondary N) is 2. The molecule has 3 rings (SSSR count). The first kappa shape index (κ1) is 17.7. The maximum atomic E-state index is 12.0. The molecule has 7 heteroatoms. The van der Waals surface area contributed by atoms with E-state index in [9.17, 15) is 9.59 Å². The zero-order chi connectivity index (χ0) is 18.7. The summed E-state index contributed by atoms with van der Waals surface area (Å²) in [6, 6.07) is 9.16. The second-order valence-corrected chi connectivity index (χ2v) is 6.45. The molecule has 1 aromatic carbocycles. The maximum Gasteiger partial charge on any atom is 0.421 e. The summed E-state index contributed by atoms with van der Waals surface area (Å²) >= 11 is 0. The highest BCUT2D eigenvalue weighted by molar-refractivity contribution is 5.92. The van der Waals surface area contributed by atoms with Gasteiger partial charge in [0.2, 0.25) is 5.91 Å². The van der Waals surface area contributed by atoms with E-state index in [0.29, 0.717) is 24.3 Å². The lowest BCUT2D eigenvalue weighted by Gasteiger charge is -2.13. The average Bonchev–Trinajstić information content (AvgIpc) is 2.93. The van der Waals surface area contributed by atoms with Crippen LogP contribution in [0.5, 0.6) is 0 Å². The van der Waals surface area contributed by atoms with E-state index in [4.69, 9.17) is 4.42 Å². The molecule has 3 aromatic rings. The number of rotatable bonds is 6. The van der Waals surface area contributed by atoms with Crippen LogP contribution in [0, 0.1) is 12.8 Å². The first-order valence-corrected chi connectivity index (χ1v) is 8.55. The van der Waals surface area contributed by atoms with Crippen molar-refractivity contribution < 1.29 is 9.21 Å². The van der Waals surface area contributed by atoms with Crippen molar-refractivity contribution in [2.24, 2.45) is 5.92 Å². The lowest BCUT2D eigenvalue weighted by Crippen LogP contribution is -2.20. The quantitative estimate of drug-likeness (QED) is 0.710. The van der Waals surface area contributed by atoms with Gasteiger partial charge in [-0.25, -0.2) is 9.78 Å². The van der Waals surface area contributed by atoms with E-state index >= 15 is 0 Å². The zero-order valence-corrected chi connectivity index (χ0v) is 15.1. The first-order valence-electron chi connectivity index (χ1n) is 8.55. The van der Waals surface area contributed by atoms with Gasteiger partial charge in [0.1, 0.15) is 0 Å². The number of anilines is 2. The molecule has 1 amide bonds. The third-order valence-electron chi connectivity index (χ3n) is 4.10. The first-order chi connectivity index (χ1) is 12.5. The van der Waals surface area contributed by atoms with Crippen molar-refractivity contribution in [3.05, 3.63) is 52.6 Å². The van der Waals surface area contributed by atoms with Gasteiger partial charge in [0.25, 0.3) is 0 Å². The molecule has 0 atom stereocenters. The SMILES string of the molecule is Cc1ccc(NC(=O)C(C)C)cc1NCCn1c(=O)oc2cccnc21. The Kier molecular flexibility index (Phi) is 5.06. The standard InChI is InChI=1S/C19H22N4O3/c1-12(2)18(24)22-14-7-6-13(3)15(11-14)20-9-10-23-17-16(26-19(23)25)5-4-8-21-17/h4-8,11-12,20H,9-10H2,1-3H3,(H,22,24). The molecular formula is C19H22N4O3. The van der Waals surface area contributed by atoms with Gasteiger partial charge in [-0.05, 0) is 36.8 Å². The highest BCUT2D eigenvalue weighted by Gasteiger charge is 2.10. The molecular weight excluding hydrogens is 332 g/mol. The fraction of sp³-hybridized carbons (Fsp3) is 0.316. The second-order valence-electron chi connectivity index (χ2n) is 6.45. The molecule has 0 aliphatic rings. The molecule has 2 heterocycles. The number of fused-ring (bicyclic) bond motifs is 1. The highest BCUT2D eigenvalue weighted by atomic mass is 16.4. The van der Waals surface area contributed by atoms with Gasteiger partial charge in [-0.3, -0.25) is 9.36 Å². The summed E-state index contributed by atoms with van der Waals surface area (Å²) in [5.74, 6) is -0.529. The summed E-state index contributed by atoms with van der Waals surface area (Å²) in [4.78, 5) is 28.0. The number of pyridine rings is 1. The van der Waals surface area contributed by atoms with Gasteiger partial charge in [-0.1, -0.05) is 19.9 Å². The van der Waals surface area contributed by atoms with Crippen molar-refractivity contribution in [2.75, 3.05) is 17.2 Å². The lowest BCUT2D eigenvalue weighted by atomic mass is 10.1. The second kappa shape index (κ2) is 7.43. The Morgan fingerprint density at radius 2 is 2.12 bits per heavy atom. The predicted molar refractivity (Wildman–Crippen MR) is 101 cm³/mol. The smallest absolute Gasteiger partial charge is 0.406 e. The Labute approximate surface area is 151 Å². The third-order valence-corrected chi connectivity index (χ3v) is 4.10. The minimum absolute atomic E-state index is 0.0257. The fourth-order valence-corrected chi connectivity index (χ4v) is 2.58. The lowest BCUT2D eigenvalue weighted by molar-refractivity contribution is -0.118. The number of amides is 1. The summed E-state index contributed by atoms with van der Waals surface area (Å²) in [5.41, 5.74) is 3.71. The molecule has 0 bridgehead atoms. The van der Waals surface area contributed by atoms with Gasteiger partial charge in [0, 0.05) is 36.6 Å². The number of aromatic nitrogens is 2. The fourth-order valence-electron chi connectivity index (χ4n) is 2.58. The van der Waals surface area contributed by atoms with Crippen LogP contribution >= 0.6 is 0 Å². The number of hydrogen-bond donors (Lipinski definition) is 2. The molecule has 2 aromatic heterocycles. The number of carbonyl (C=O) groups excluding carboxylic acids is 1. The monoisotopic (exact) mass is 354 g/mol. The van der Waals surface area contributed by atoms with Crippen LogP contribution in [0.3, 0.4) is 0 Å². The minimum atomic E-state index is -0.421. The Hall–Kier alpha value is -3.09. The van der Waals surface area contributed by atoms with Crippen LogP contribution < -0.4 is 16.4 Å². The molecule has 7 nitrogen and oxygen atoms in total. The summed E-state index contributed by atoms with van der Waals surface area (Å²) in [7, 11) is 0. The molecule has 2 N–H and O–H groups in total. The topological polar surface area (TPSA) is 89.2 Å². The predicted octanol–water partition coefficient (Wildman–Crippen LogP) is 3.00. The number of hydrogen-bond acceptors (Lipinski definition) is 5. The molecule has 0 aliphatic carbocycles. The zero-order valence-electron chi connectivity index (χ0n) is 15.1. The maximum absolute atomic E-state index is 12.0. The van der Waals surface area contributed by atoms with Crippen molar-refractivity contribution in [3.63, 3.8) is 0 Å². The number of benzene rings is 1. The third kappa shape index (κ3) is 3.77. The van der Waals surface area contributed by atoms with E-state index in [1.165, 1.54) is 4.57 Å². The average molecular weight is 354 g/mol. The highest BCUT2D eigenvalue weighted by Crippen LogP contribution is 2.21. The summed E-state index contributed by atoms with van der Waals surface area (Å²) in [6.07, 6.45) is 1.63. The molecule has 0 saturated heterocycles. The van der Waals surface area contributed by atoms with E-state index in [-0.39, 0.29) is 11.8 Å². The van der Waals surface area contributed by atoms with Crippen molar-refractivity contribution in [1.29, 1.82) is 0 Å². The Bertz CT molecular complexity index is 988. The van der Waals surface area contributed by atoms with Crippen LogP contribution in [-0.2, 0) is 11.3 Å². The van der Waals surface area contributed by atoms with Crippen molar-refractivity contribution in [1.82, 2.24) is 9.55 Å². The van der Waals surface area contributed by atoms with Gasteiger partial charge in [0.15, 0.2) is 11.2 Å². The van der Waals surface area contributed by atoms with E-state index in [1.807, 2.05) is 39.0 Å². The van der Waals surface area contributed by atoms with E-state index in [0.717, 1.165) is 16.9 Å². The number of aryl methyl sites for hydroxylation is 1. The van der Waals surface area contributed by atoms with Crippen molar-refractivity contribution in [2.45, 2.75) is 27.3 Å². The molecule has 0 saturated carbocycles. The van der Waals surface area contributed by atoms with Crippen molar-refractivity contribution >= 4 is 28.5 Å². The minimum Gasteiger partial charge on any atom is -0.406 e. The van der Waals surface area contributed by atoms with E-state index in [2.05, 4.69) is 15.6 Å². The number of nitrogens with zero attached hydrogens (tertiary/aromatic N) is 2. The number of oxazole rings is 1. The summed E-state index contributed by atoms with van der Waals surface area (Å²) in [6.45, 7) is 6.63. The van der Waals surface area contributed by atoms with Crippen LogP contribution in [-0.4, -0.2) is 22.0 Å². The van der Waals surface area contributed by atoms with Gasteiger partial charge in [0.05, 0.1) is 0 Å². The molecule has 0 unspecified atom stereocenters. The number of carbonyl (C=O) groups is 1. The molecule has 136 valence electrons. The van der Waals surface area contributed by atoms with Crippen LogP contribution in [0.25, 0.3) is 11.2 Å². The molecule has 0 fully saturated rings. The van der Waals surface area contributed by atoms with Crippen molar-refractivity contribution in [3.8, 4) is 0 Å². The Morgan fingerprint density at radius 1 is 1.31 bits per heavy atom. The molecule has 26 heavy (non-hydrogen) atoms. The van der Waals surface area contributed by atoms with Crippen LogP contribution in [0.4, 0.5) is 11.4 Å². The van der Waals surface area contributed by atoms with Crippen LogP contribution in [0.15, 0.2) is 45.7 Å². The molecule has 0 spiro atoms. The molecule has 0 radical (unpaired) electrons. The summed E-state index contributed by atoms with van der Waals surface area (Å²) < 4.78 is 6.68. The largest absolute Gasteiger partial charge is 0.421 e.